The van der Waals surface area contributed by atoms with Crippen molar-refractivity contribution in [2.45, 2.75) is 0 Å². The standard InChI is InChI=1S/C15H11BrN2O3/c16-12-6-11(15(20)21)7-13(8-12)18-14(19)4-3-10-2-1-5-17-9-10/h1-9H,(H,18,19)(H,20,21)/b4-3+. The number of benzene rings is 1. The number of aromatic nitrogens is 1. The molecule has 6 heteroatoms. The van der Waals surface area contributed by atoms with Crippen molar-refractivity contribution in [3.63, 3.8) is 0 Å². The average molecular weight is 347 g/mol. The fourth-order valence-electron chi connectivity index (χ4n) is 1.62. The third kappa shape index (κ3) is 4.54. The van der Waals surface area contributed by atoms with Gasteiger partial charge in [0, 0.05) is 28.6 Å². The first-order valence-corrected chi connectivity index (χ1v) is 6.77. The topological polar surface area (TPSA) is 79.3 Å². The second-order valence-electron chi connectivity index (χ2n) is 4.14. The number of carboxylic acids is 1. The molecule has 2 aromatic rings. The van der Waals surface area contributed by atoms with Crippen molar-refractivity contribution >= 4 is 39.6 Å². The fraction of sp³-hybridized carbons (Fsp3) is 0. The van der Waals surface area contributed by atoms with E-state index in [1.165, 1.54) is 18.2 Å². The molecule has 0 spiro atoms. The molecular weight excluding hydrogens is 336 g/mol. The van der Waals surface area contributed by atoms with Crippen molar-refractivity contribution in [2.75, 3.05) is 5.32 Å². The minimum absolute atomic E-state index is 0.0934. The minimum atomic E-state index is -1.06. The van der Waals surface area contributed by atoms with Gasteiger partial charge in [-0.1, -0.05) is 22.0 Å². The van der Waals surface area contributed by atoms with E-state index in [0.717, 1.165) is 5.56 Å². The van der Waals surface area contributed by atoms with Gasteiger partial charge in [0.2, 0.25) is 5.91 Å². The van der Waals surface area contributed by atoms with Crippen LogP contribution in [-0.4, -0.2) is 22.0 Å². The number of pyridine rings is 1. The summed E-state index contributed by atoms with van der Waals surface area (Å²) in [6.45, 7) is 0. The smallest absolute Gasteiger partial charge is 0.335 e. The molecule has 0 fully saturated rings. The van der Waals surface area contributed by atoms with Gasteiger partial charge in [0.25, 0.3) is 0 Å². The van der Waals surface area contributed by atoms with Crippen LogP contribution in [0.5, 0.6) is 0 Å². The predicted octanol–water partition coefficient (Wildman–Crippen LogP) is 3.19. The number of aromatic carboxylic acids is 1. The van der Waals surface area contributed by atoms with E-state index in [2.05, 4.69) is 26.2 Å². The number of nitrogens with one attached hydrogen (secondary N) is 1. The highest BCUT2D eigenvalue weighted by Gasteiger charge is 2.07. The molecule has 106 valence electrons. The Morgan fingerprint density at radius 3 is 2.76 bits per heavy atom. The minimum Gasteiger partial charge on any atom is -0.478 e. The van der Waals surface area contributed by atoms with Crippen LogP contribution in [0.15, 0.2) is 53.3 Å². The van der Waals surface area contributed by atoms with Crippen molar-refractivity contribution in [3.05, 3.63) is 64.4 Å². The molecule has 0 saturated carbocycles. The number of carbonyl (C=O) groups is 2. The number of rotatable bonds is 4. The first-order valence-electron chi connectivity index (χ1n) is 5.97. The third-order valence-corrected chi connectivity index (χ3v) is 2.98. The molecule has 0 bridgehead atoms. The number of halogens is 1. The lowest BCUT2D eigenvalue weighted by Crippen LogP contribution is -2.09. The lowest BCUT2D eigenvalue weighted by molar-refractivity contribution is -0.111. The first-order chi connectivity index (χ1) is 10.0. The van der Waals surface area contributed by atoms with Crippen molar-refractivity contribution < 1.29 is 14.7 Å². The van der Waals surface area contributed by atoms with Crippen molar-refractivity contribution in [2.24, 2.45) is 0 Å². The summed E-state index contributed by atoms with van der Waals surface area (Å²) in [6.07, 6.45) is 6.26. The van der Waals surface area contributed by atoms with Gasteiger partial charge in [0.15, 0.2) is 0 Å². The molecule has 0 unspecified atom stereocenters. The predicted molar refractivity (Wildman–Crippen MR) is 83.0 cm³/mol. The Balaban J connectivity index is 2.09. The lowest BCUT2D eigenvalue weighted by Gasteiger charge is -2.04. The van der Waals surface area contributed by atoms with Crippen molar-refractivity contribution in [1.82, 2.24) is 4.98 Å². The highest BCUT2D eigenvalue weighted by molar-refractivity contribution is 9.10. The van der Waals surface area contributed by atoms with Gasteiger partial charge < -0.3 is 10.4 Å². The summed E-state index contributed by atoms with van der Waals surface area (Å²) in [5, 5.41) is 11.6. The third-order valence-electron chi connectivity index (χ3n) is 2.52. The Morgan fingerprint density at radius 2 is 2.10 bits per heavy atom. The molecule has 0 saturated heterocycles. The van der Waals surface area contributed by atoms with E-state index < -0.39 is 5.97 Å². The normalized spacial score (nSPS) is 10.5. The molecule has 1 heterocycles. The van der Waals surface area contributed by atoms with E-state index in [9.17, 15) is 9.59 Å². The molecular formula is C15H11BrN2O3. The van der Waals surface area contributed by atoms with E-state index in [4.69, 9.17) is 5.11 Å². The van der Waals surface area contributed by atoms with E-state index in [1.54, 1.807) is 30.6 Å². The van der Waals surface area contributed by atoms with Gasteiger partial charge >= 0.3 is 5.97 Å². The lowest BCUT2D eigenvalue weighted by atomic mass is 10.2. The van der Waals surface area contributed by atoms with E-state index in [-0.39, 0.29) is 11.5 Å². The number of amides is 1. The maximum atomic E-state index is 11.8. The summed E-state index contributed by atoms with van der Waals surface area (Å²) >= 11 is 3.21. The molecule has 1 aromatic carbocycles. The van der Waals surface area contributed by atoms with E-state index in [1.807, 2.05) is 6.07 Å². The molecule has 0 aliphatic carbocycles. The van der Waals surface area contributed by atoms with Crippen LogP contribution in [0.3, 0.4) is 0 Å². The quantitative estimate of drug-likeness (QED) is 0.833. The zero-order valence-corrected chi connectivity index (χ0v) is 12.4. The van der Waals surface area contributed by atoms with Crippen molar-refractivity contribution in [3.8, 4) is 0 Å². The summed E-state index contributed by atoms with van der Waals surface area (Å²) < 4.78 is 0.578. The summed E-state index contributed by atoms with van der Waals surface area (Å²) in [4.78, 5) is 26.7. The van der Waals surface area contributed by atoms with Gasteiger partial charge in [-0.05, 0) is 35.9 Å². The Hall–Kier alpha value is -2.47. The van der Waals surface area contributed by atoms with Crippen LogP contribution in [0.25, 0.3) is 6.08 Å². The summed E-state index contributed by atoms with van der Waals surface area (Å²) in [6, 6.07) is 8.07. The molecule has 2 rings (SSSR count). The molecule has 1 amide bonds. The van der Waals surface area contributed by atoms with E-state index in [0.29, 0.717) is 10.2 Å². The fourth-order valence-corrected chi connectivity index (χ4v) is 2.11. The molecule has 0 aliphatic rings. The average Bonchev–Trinajstić information content (AvgIpc) is 2.45. The van der Waals surface area contributed by atoms with Gasteiger partial charge in [0.1, 0.15) is 0 Å². The van der Waals surface area contributed by atoms with Gasteiger partial charge in [-0.15, -0.1) is 0 Å². The molecule has 0 radical (unpaired) electrons. The highest BCUT2D eigenvalue weighted by Crippen LogP contribution is 2.19. The molecule has 21 heavy (non-hydrogen) atoms. The molecule has 1 aromatic heterocycles. The highest BCUT2D eigenvalue weighted by atomic mass is 79.9. The second-order valence-corrected chi connectivity index (χ2v) is 5.06. The van der Waals surface area contributed by atoms with Crippen LogP contribution in [-0.2, 0) is 4.79 Å². The number of hydrogen-bond acceptors (Lipinski definition) is 3. The number of carboxylic acid groups (broad SMARTS) is 1. The summed E-state index contributed by atoms with van der Waals surface area (Å²) in [5.41, 5.74) is 1.30. The molecule has 0 atom stereocenters. The zero-order valence-electron chi connectivity index (χ0n) is 10.8. The Bertz CT molecular complexity index is 699. The van der Waals surface area contributed by atoms with Crippen molar-refractivity contribution in [1.29, 1.82) is 0 Å². The van der Waals surface area contributed by atoms with Gasteiger partial charge in [0.05, 0.1) is 5.56 Å². The number of nitrogens with zero attached hydrogens (tertiary/aromatic N) is 1. The van der Waals surface area contributed by atoms with Gasteiger partial charge in [-0.2, -0.15) is 0 Å². The first kappa shape index (κ1) is 14.9. The number of carbonyl (C=O) groups excluding carboxylic acids is 1. The molecule has 0 aliphatic heterocycles. The summed E-state index contributed by atoms with van der Waals surface area (Å²) in [7, 11) is 0. The number of hydrogen-bond donors (Lipinski definition) is 2. The van der Waals surface area contributed by atoms with Gasteiger partial charge in [-0.3, -0.25) is 9.78 Å². The summed E-state index contributed by atoms with van der Waals surface area (Å²) in [5.74, 6) is -1.41. The zero-order chi connectivity index (χ0) is 15.2. The maximum Gasteiger partial charge on any atom is 0.335 e. The number of anilines is 1. The Labute approximate surface area is 129 Å². The van der Waals surface area contributed by atoms with Gasteiger partial charge in [-0.25, -0.2) is 4.79 Å². The van der Waals surface area contributed by atoms with Crippen LogP contribution >= 0.6 is 15.9 Å². The van der Waals surface area contributed by atoms with Crippen LogP contribution in [0.1, 0.15) is 15.9 Å². The Morgan fingerprint density at radius 1 is 1.29 bits per heavy atom. The van der Waals surface area contributed by atoms with Crippen LogP contribution in [0.4, 0.5) is 5.69 Å². The molecule has 2 N–H and O–H groups in total. The maximum absolute atomic E-state index is 11.8. The largest absolute Gasteiger partial charge is 0.478 e. The van der Waals surface area contributed by atoms with Crippen LogP contribution < -0.4 is 5.32 Å². The van der Waals surface area contributed by atoms with E-state index >= 15 is 0 Å². The monoisotopic (exact) mass is 346 g/mol. The Kier molecular flexibility index (Phi) is 4.84. The second kappa shape index (κ2) is 6.81. The van der Waals surface area contributed by atoms with Crippen LogP contribution in [0, 0.1) is 0 Å². The SMILES string of the molecule is O=C(/C=C/c1cccnc1)Nc1cc(Br)cc(C(=O)O)c1. The molecule has 5 nitrogen and oxygen atoms in total. The van der Waals surface area contributed by atoms with Crippen LogP contribution in [0.2, 0.25) is 0 Å².